The summed E-state index contributed by atoms with van der Waals surface area (Å²) in [5.41, 5.74) is 0.827. The lowest BCUT2D eigenvalue weighted by molar-refractivity contribution is -0.138. The molecule has 6 heteroatoms. The molecular weight excluding hydrogens is 346 g/mol. The zero-order valence-electron chi connectivity index (χ0n) is 13.9. The zero-order valence-corrected chi connectivity index (χ0v) is 15.4. The Morgan fingerprint density at radius 1 is 1.38 bits per heavy atom. The molecule has 0 amide bonds. The molecule has 0 radical (unpaired) electrons. The molecule has 0 aliphatic rings. The second-order valence-corrected chi connectivity index (χ2v) is 7.28. The third-order valence-electron chi connectivity index (χ3n) is 3.64. The molecule has 0 saturated carbocycles. The van der Waals surface area contributed by atoms with Crippen LogP contribution in [0.1, 0.15) is 22.8 Å². The number of aliphatic carboxylic acids is 1. The van der Waals surface area contributed by atoms with Crippen molar-refractivity contribution in [3.63, 3.8) is 0 Å². The Labute approximate surface area is 151 Å². The normalized spacial score (nSPS) is 12.3. The first-order valence-corrected chi connectivity index (χ1v) is 9.05. The van der Waals surface area contributed by atoms with Crippen LogP contribution in [0.25, 0.3) is 0 Å². The predicted octanol–water partition coefficient (Wildman–Crippen LogP) is 4.14. The Morgan fingerprint density at radius 3 is 2.79 bits per heavy atom. The number of carboxylic acid groups (broad SMARTS) is 1. The summed E-state index contributed by atoms with van der Waals surface area (Å²) in [6.07, 6.45) is 1.27. The van der Waals surface area contributed by atoms with E-state index in [2.05, 4.69) is 4.90 Å². The number of nitrogens with zero attached hydrogens (tertiary/aromatic N) is 1. The fraction of sp³-hybridized carbons (Fsp3) is 0.389. The summed E-state index contributed by atoms with van der Waals surface area (Å²) < 4.78 is 5.87. The maximum absolute atomic E-state index is 11.7. The first-order valence-electron chi connectivity index (χ1n) is 7.79. The number of hydrogen-bond acceptors (Lipinski definition) is 4. The topological polar surface area (TPSA) is 49.8 Å². The Hall–Kier alpha value is -1.56. The summed E-state index contributed by atoms with van der Waals surface area (Å²) >= 11 is 7.55. The van der Waals surface area contributed by atoms with Crippen molar-refractivity contribution < 1.29 is 14.6 Å². The van der Waals surface area contributed by atoms with E-state index >= 15 is 0 Å². The highest BCUT2D eigenvalue weighted by Crippen LogP contribution is 2.31. The minimum absolute atomic E-state index is 0.361. The van der Waals surface area contributed by atoms with Gasteiger partial charge in [0.1, 0.15) is 5.75 Å². The Balaban J connectivity index is 2.12. The number of carboxylic acids is 1. The second kappa shape index (κ2) is 9.06. The molecular formula is C18H22ClNO3S. The average molecular weight is 368 g/mol. The predicted molar refractivity (Wildman–Crippen MR) is 98.5 cm³/mol. The van der Waals surface area contributed by atoms with Gasteiger partial charge in [-0.3, -0.25) is 4.79 Å². The van der Waals surface area contributed by atoms with Crippen LogP contribution in [-0.4, -0.2) is 43.2 Å². The van der Waals surface area contributed by atoms with Crippen LogP contribution in [0.2, 0.25) is 5.02 Å². The molecule has 0 fully saturated rings. The third-order valence-corrected chi connectivity index (χ3v) is 4.86. The number of thiophene rings is 1. The van der Waals surface area contributed by atoms with Gasteiger partial charge < -0.3 is 14.7 Å². The first-order chi connectivity index (χ1) is 11.5. The van der Waals surface area contributed by atoms with Crippen molar-refractivity contribution in [2.24, 2.45) is 0 Å². The molecule has 1 unspecified atom stereocenters. The van der Waals surface area contributed by atoms with Crippen LogP contribution in [0.15, 0.2) is 35.7 Å². The Bertz CT molecular complexity index is 658. The van der Waals surface area contributed by atoms with Gasteiger partial charge in [-0.25, -0.2) is 0 Å². The minimum Gasteiger partial charge on any atom is -0.493 e. The molecule has 0 aliphatic heterocycles. The molecule has 24 heavy (non-hydrogen) atoms. The Kier molecular flexibility index (Phi) is 7.09. The van der Waals surface area contributed by atoms with Crippen molar-refractivity contribution >= 4 is 28.9 Å². The van der Waals surface area contributed by atoms with Gasteiger partial charge in [0.15, 0.2) is 0 Å². The van der Waals surface area contributed by atoms with Gasteiger partial charge in [0.2, 0.25) is 0 Å². The number of hydrogen-bond donors (Lipinski definition) is 1. The van der Waals surface area contributed by atoms with Crippen molar-refractivity contribution in [3.05, 3.63) is 51.2 Å². The van der Waals surface area contributed by atoms with Crippen molar-refractivity contribution in [2.45, 2.75) is 18.8 Å². The molecule has 1 aromatic heterocycles. The van der Waals surface area contributed by atoms with E-state index in [1.165, 1.54) is 11.3 Å². The smallest absolute Gasteiger partial charge is 0.312 e. The monoisotopic (exact) mass is 367 g/mol. The van der Waals surface area contributed by atoms with Gasteiger partial charge >= 0.3 is 5.97 Å². The molecule has 0 spiro atoms. The van der Waals surface area contributed by atoms with E-state index in [0.29, 0.717) is 23.8 Å². The lowest BCUT2D eigenvalue weighted by atomic mass is 9.97. The molecule has 4 nitrogen and oxygen atoms in total. The average Bonchev–Trinajstić information content (AvgIpc) is 3.04. The molecule has 1 aromatic carbocycles. The quantitative estimate of drug-likeness (QED) is 0.676. The summed E-state index contributed by atoms with van der Waals surface area (Å²) in [4.78, 5) is 14.6. The molecule has 0 bridgehead atoms. The van der Waals surface area contributed by atoms with E-state index in [0.717, 1.165) is 23.4 Å². The fourth-order valence-electron chi connectivity index (χ4n) is 2.43. The molecule has 1 N–H and O–H groups in total. The van der Waals surface area contributed by atoms with E-state index in [4.69, 9.17) is 16.3 Å². The van der Waals surface area contributed by atoms with Crippen LogP contribution in [-0.2, 0) is 11.2 Å². The maximum atomic E-state index is 11.7. The second-order valence-electron chi connectivity index (χ2n) is 5.87. The highest BCUT2D eigenvalue weighted by Gasteiger charge is 2.23. The van der Waals surface area contributed by atoms with Crippen LogP contribution in [0.5, 0.6) is 5.75 Å². The van der Waals surface area contributed by atoms with Crippen LogP contribution in [0, 0.1) is 0 Å². The fourth-order valence-corrected chi connectivity index (χ4v) is 3.44. The van der Waals surface area contributed by atoms with E-state index < -0.39 is 11.9 Å². The van der Waals surface area contributed by atoms with Gasteiger partial charge in [-0.05, 0) is 62.1 Å². The van der Waals surface area contributed by atoms with Crippen molar-refractivity contribution in [3.8, 4) is 5.75 Å². The summed E-state index contributed by atoms with van der Waals surface area (Å²) in [6, 6.07) is 9.11. The van der Waals surface area contributed by atoms with Gasteiger partial charge in [-0.15, -0.1) is 11.3 Å². The highest BCUT2D eigenvalue weighted by atomic mass is 35.5. The highest BCUT2D eigenvalue weighted by molar-refractivity contribution is 7.10. The van der Waals surface area contributed by atoms with Crippen molar-refractivity contribution in [1.29, 1.82) is 0 Å². The van der Waals surface area contributed by atoms with Crippen LogP contribution in [0.3, 0.4) is 0 Å². The molecule has 2 aromatic rings. The van der Waals surface area contributed by atoms with E-state index in [1.54, 1.807) is 12.1 Å². The Morgan fingerprint density at radius 2 is 2.17 bits per heavy atom. The van der Waals surface area contributed by atoms with Crippen LogP contribution >= 0.6 is 22.9 Å². The van der Waals surface area contributed by atoms with Crippen molar-refractivity contribution in [2.75, 3.05) is 27.2 Å². The van der Waals surface area contributed by atoms with Gasteiger partial charge in [0, 0.05) is 16.4 Å². The van der Waals surface area contributed by atoms with E-state index in [1.807, 2.05) is 37.7 Å². The first kappa shape index (κ1) is 18.8. The van der Waals surface area contributed by atoms with Gasteiger partial charge in [-0.1, -0.05) is 17.7 Å². The summed E-state index contributed by atoms with van der Waals surface area (Å²) in [5, 5.41) is 12.0. The lowest BCUT2D eigenvalue weighted by Crippen LogP contribution is -2.16. The van der Waals surface area contributed by atoms with Gasteiger partial charge in [0.05, 0.1) is 12.5 Å². The minimum atomic E-state index is -0.837. The van der Waals surface area contributed by atoms with Crippen LogP contribution in [0.4, 0.5) is 0 Å². The number of ether oxygens (including phenoxy) is 1. The van der Waals surface area contributed by atoms with Crippen LogP contribution < -0.4 is 4.74 Å². The summed E-state index contributed by atoms with van der Waals surface area (Å²) in [5.74, 6) is -0.718. The largest absolute Gasteiger partial charge is 0.493 e. The number of carbonyl (C=O) groups is 1. The standard InChI is InChI=1S/C18H22ClNO3S/c1-20(2)8-4-9-23-16-7-6-14(19)11-13(16)12-15(18(21)22)17-5-3-10-24-17/h3,5-7,10-11,15H,4,8-9,12H2,1-2H3,(H,21,22). The van der Waals surface area contributed by atoms with Gasteiger partial charge in [0.25, 0.3) is 0 Å². The van der Waals surface area contributed by atoms with Crippen molar-refractivity contribution in [1.82, 2.24) is 4.90 Å². The summed E-state index contributed by atoms with van der Waals surface area (Å²) in [7, 11) is 4.04. The number of rotatable bonds is 9. The molecule has 1 heterocycles. The van der Waals surface area contributed by atoms with E-state index in [9.17, 15) is 9.90 Å². The summed E-state index contributed by atoms with van der Waals surface area (Å²) in [6.45, 7) is 1.53. The SMILES string of the molecule is CN(C)CCCOc1ccc(Cl)cc1CC(C(=O)O)c1cccs1. The molecule has 130 valence electrons. The molecule has 0 saturated heterocycles. The zero-order chi connectivity index (χ0) is 17.5. The molecule has 1 atom stereocenters. The molecule has 0 aliphatic carbocycles. The third kappa shape index (κ3) is 5.51. The maximum Gasteiger partial charge on any atom is 0.312 e. The lowest BCUT2D eigenvalue weighted by Gasteiger charge is -2.16. The van der Waals surface area contributed by atoms with Gasteiger partial charge in [-0.2, -0.15) is 0 Å². The molecule has 2 rings (SSSR count). The van der Waals surface area contributed by atoms with E-state index in [-0.39, 0.29) is 0 Å². The number of benzene rings is 1. The number of halogens is 1.